The van der Waals surface area contributed by atoms with E-state index < -0.39 is 35.5 Å². The van der Waals surface area contributed by atoms with Crippen molar-refractivity contribution in [1.29, 1.82) is 0 Å². The topological polar surface area (TPSA) is 107 Å². The van der Waals surface area contributed by atoms with Crippen molar-refractivity contribution in [1.82, 2.24) is 30.3 Å². The second-order valence-corrected chi connectivity index (χ2v) is 8.57. The summed E-state index contributed by atoms with van der Waals surface area (Å²) in [6, 6.07) is 1.31. The molecular weight excluding hydrogens is 508 g/mol. The Morgan fingerprint density at radius 1 is 1.14 bits per heavy atom. The van der Waals surface area contributed by atoms with Crippen molar-refractivity contribution in [2.24, 2.45) is 13.0 Å². The molecule has 0 radical (unpaired) electrons. The number of halogens is 6. The van der Waals surface area contributed by atoms with E-state index in [-0.39, 0.29) is 41.7 Å². The number of ether oxygens (including phenoxy) is 1. The van der Waals surface area contributed by atoms with Crippen molar-refractivity contribution in [3.63, 3.8) is 0 Å². The Morgan fingerprint density at radius 2 is 1.86 bits per heavy atom. The van der Waals surface area contributed by atoms with Gasteiger partial charge in [-0.3, -0.25) is 4.68 Å². The molecule has 1 aliphatic rings. The van der Waals surface area contributed by atoms with E-state index in [9.17, 15) is 31.1 Å². The number of anilines is 1. The van der Waals surface area contributed by atoms with Gasteiger partial charge in [-0.15, -0.1) is 5.10 Å². The summed E-state index contributed by atoms with van der Waals surface area (Å²) in [5, 5.41) is 15.8. The fourth-order valence-corrected chi connectivity index (χ4v) is 3.43. The molecule has 0 unspecified atom stereocenters. The Balaban J connectivity index is 1.41. The number of alkyl halides is 6. The van der Waals surface area contributed by atoms with E-state index >= 15 is 0 Å². The van der Waals surface area contributed by atoms with E-state index in [0.29, 0.717) is 5.56 Å². The van der Waals surface area contributed by atoms with Crippen molar-refractivity contribution >= 4 is 11.7 Å². The zero-order valence-electron chi connectivity index (χ0n) is 19.5. The number of carbonyl (C=O) groups is 1. The summed E-state index contributed by atoms with van der Waals surface area (Å²) >= 11 is 0. The first kappa shape index (κ1) is 26.2. The maximum absolute atomic E-state index is 13.4. The van der Waals surface area contributed by atoms with E-state index in [0.717, 1.165) is 29.8 Å². The molecule has 37 heavy (non-hydrogen) atoms. The number of nitrogens with zero attached hydrogens (tertiary/aromatic N) is 5. The fourth-order valence-electron chi connectivity index (χ4n) is 3.43. The number of hydrogen-bond donors (Lipinski definition) is 2. The maximum atomic E-state index is 13.4. The third-order valence-electron chi connectivity index (χ3n) is 5.38. The number of urea groups is 1. The van der Waals surface area contributed by atoms with Gasteiger partial charge >= 0.3 is 18.4 Å². The van der Waals surface area contributed by atoms with Crippen LogP contribution in [0.2, 0.25) is 0 Å². The molecule has 1 aliphatic carbocycles. The fraction of sp³-hybridized carbons (Fsp3) is 0.409. The summed E-state index contributed by atoms with van der Waals surface area (Å²) in [4.78, 5) is 15.9. The Hall–Kier alpha value is -3.91. The largest absolute Gasteiger partial charge is 0.477 e. The average Bonchev–Trinajstić information content (AvgIpc) is 3.54. The van der Waals surface area contributed by atoms with Gasteiger partial charge in [-0.05, 0) is 43.4 Å². The third kappa shape index (κ3) is 6.46. The molecule has 1 saturated carbocycles. The molecule has 2 N–H and O–H groups in total. The van der Waals surface area contributed by atoms with Gasteiger partial charge in [-0.2, -0.15) is 36.5 Å². The van der Waals surface area contributed by atoms with Crippen LogP contribution in [-0.4, -0.2) is 37.6 Å². The molecule has 4 rings (SSSR count). The highest BCUT2D eigenvalue weighted by Gasteiger charge is 2.38. The first-order valence-corrected chi connectivity index (χ1v) is 11.0. The highest BCUT2D eigenvalue weighted by atomic mass is 19.4. The summed E-state index contributed by atoms with van der Waals surface area (Å²) < 4.78 is 86.3. The smallest absolute Gasteiger partial charge is 0.435 e. The molecule has 3 heterocycles. The molecule has 0 spiro atoms. The number of aromatic nitrogens is 5. The molecule has 0 bridgehead atoms. The van der Waals surface area contributed by atoms with Crippen LogP contribution in [0.3, 0.4) is 0 Å². The molecule has 0 saturated heterocycles. The van der Waals surface area contributed by atoms with Crippen LogP contribution in [0.1, 0.15) is 35.4 Å². The lowest BCUT2D eigenvalue weighted by Crippen LogP contribution is -2.29. The number of amides is 2. The van der Waals surface area contributed by atoms with Crippen molar-refractivity contribution in [2.45, 2.75) is 38.7 Å². The molecule has 198 valence electrons. The quantitative estimate of drug-likeness (QED) is 0.429. The summed E-state index contributed by atoms with van der Waals surface area (Å²) in [5.74, 6) is -0.332. The lowest BCUT2D eigenvalue weighted by atomic mass is 10.1. The molecular formula is C22H21F6N7O2. The zero-order valence-corrected chi connectivity index (χ0v) is 19.5. The number of carbonyl (C=O) groups excluding carboxylic acids is 1. The van der Waals surface area contributed by atoms with Crippen LogP contribution >= 0.6 is 0 Å². The van der Waals surface area contributed by atoms with Gasteiger partial charge in [-0.25, -0.2) is 9.78 Å². The number of pyridine rings is 1. The van der Waals surface area contributed by atoms with Gasteiger partial charge in [0.2, 0.25) is 5.88 Å². The van der Waals surface area contributed by atoms with Crippen LogP contribution in [0.15, 0.2) is 24.5 Å². The summed E-state index contributed by atoms with van der Waals surface area (Å²) in [6.07, 6.45) is -5.42. The van der Waals surface area contributed by atoms with Gasteiger partial charge in [0.15, 0.2) is 5.69 Å². The van der Waals surface area contributed by atoms with Gasteiger partial charge in [0, 0.05) is 13.2 Å². The van der Waals surface area contributed by atoms with Gasteiger partial charge < -0.3 is 15.4 Å². The third-order valence-corrected chi connectivity index (χ3v) is 5.38. The summed E-state index contributed by atoms with van der Waals surface area (Å²) in [6.45, 7) is 1.47. The second-order valence-electron chi connectivity index (χ2n) is 8.57. The molecule has 15 heteroatoms. The molecule has 3 aromatic heterocycles. The van der Waals surface area contributed by atoms with Crippen LogP contribution in [-0.2, 0) is 25.9 Å². The molecule has 9 nitrogen and oxygen atoms in total. The predicted octanol–water partition coefficient (Wildman–Crippen LogP) is 4.73. The standard InChI is InChI=1S/C22H21F6N7O2/c1-11-5-14(32-33-17(11)15-9-35(2)34-18(15)22(26,27)28)8-30-20(36)31-13-6-16(21(23,24)25)19(29-7-13)37-10-12-3-4-12/h5-7,9,12H,3-4,8,10H2,1-2H3,(H2,30,31,36). The maximum Gasteiger partial charge on any atom is 0.435 e. The molecule has 1 fully saturated rings. The van der Waals surface area contributed by atoms with Gasteiger partial charge in [0.25, 0.3) is 0 Å². The van der Waals surface area contributed by atoms with Crippen molar-refractivity contribution in [2.75, 3.05) is 11.9 Å². The van der Waals surface area contributed by atoms with Crippen LogP contribution < -0.4 is 15.4 Å². The molecule has 0 aromatic carbocycles. The number of rotatable bonds is 7. The highest BCUT2D eigenvalue weighted by molar-refractivity contribution is 5.89. The number of nitrogens with one attached hydrogen (secondary N) is 2. The van der Waals surface area contributed by atoms with Gasteiger partial charge in [0.05, 0.1) is 42.0 Å². The number of aryl methyl sites for hydroxylation is 2. The molecule has 3 aromatic rings. The molecule has 2 amide bonds. The molecule has 0 atom stereocenters. The van der Waals surface area contributed by atoms with Crippen LogP contribution in [0.25, 0.3) is 11.3 Å². The van der Waals surface area contributed by atoms with Gasteiger partial charge in [-0.1, -0.05) is 0 Å². The lowest BCUT2D eigenvalue weighted by molar-refractivity contribution is -0.141. The van der Waals surface area contributed by atoms with E-state index in [1.807, 2.05) is 0 Å². The van der Waals surface area contributed by atoms with Crippen molar-refractivity contribution < 1.29 is 35.9 Å². The van der Waals surface area contributed by atoms with Crippen molar-refractivity contribution in [3.05, 3.63) is 47.0 Å². The highest BCUT2D eigenvalue weighted by Crippen LogP contribution is 2.38. The van der Waals surface area contributed by atoms with Crippen molar-refractivity contribution in [3.8, 4) is 17.1 Å². The average molecular weight is 529 g/mol. The van der Waals surface area contributed by atoms with Crippen LogP contribution in [0.4, 0.5) is 36.8 Å². The minimum atomic E-state index is -4.74. The minimum Gasteiger partial charge on any atom is -0.477 e. The monoisotopic (exact) mass is 529 g/mol. The van der Waals surface area contributed by atoms with Gasteiger partial charge in [0.1, 0.15) is 5.56 Å². The van der Waals surface area contributed by atoms with Crippen LogP contribution in [0.5, 0.6) is 5.88 Å². The lowest BCUT2D eigenvalue weighted by Gasteiger charge is -2.15. The number of hydrogen-bond acceptors (Lipinski definition) is 6. The Morgan fingerprint density at radius 3 is 2.49 bits per heavy atom. The van der Waals surface area contributed by atoms with E-state index in [4.69, 9.17) is 4.74 Å². The van der Waals surface area contributed by atoms with E-state index in [1.54, 1.807) is 0 Å². The van der Waals surface area contributed by atoms with E-state index in [2.05, 4.69) is 30.9 Å². The second kappa shape index (κ2) is 9.86. The normalized spacial score (nSPS) is 13.9. The zero-order chi connectivity index (χ0) is 27.0. The SMILES string of the molecule is Cc1cc(CNC(=O)Nc2cnc(OCC3CC3)c(C(F)(F)F)c2)nnc1-c1cn(C)nc1C(F)(F)F. The molecule has 0 aliphatic heterocycles. The Bertz CT molecular complexity index is 1300. The van der Waals surface area contributed by atoms with E-state index in [1.165, 1.54) is 26.2 Å². The predicted molar refractivity (Wildman–Crippen MR) is 117 cm³/mol. The summed E-state index contributed by atoms with van der Waals surface area (Å²) in [5.41, 5.74) is -2.13. The Kier molecular flexibility index (Phi) is 6.97. The Labute approximate surface area is 206 Å². The summed E-state index contributed by atoms with van der Waals surface area (Å²) in [7, 11) is 1.35. The first-order valence-electron chi connectivity index (χ1n) is 11.0. The van der Waals surface area contributed by atoms with Crippen LogP contribution in [0, 0.1) is 12.8 Å². The minimum absolute atomic E-state index is 0.0247. The first-order chi connectivity index (χ1) is 17.3.